The molecule has 2 fully saturated rings. The quantitative estimate of drug-likeness (QED) is 0.619. The van der Waals surface area contributed by atoms with Crippen molar-refractivity contribution in [3.63, 3.8) is 0 Å². The molecule has 1 aliphatic heterocycles. The first-order valence-electron chi connectivity index (χ1n) is 8.82. The molecule has 0 radical (unpaired) electrons. The third-order valence-corrected chi connectivity index (χ3v) is 6.36. The molecule has 2 unspecified atom stereocenters. The normalized spacial score (nSPS) is 24.2. The summed E-state index contributed by atoms with van der Waals surface area (Å²) < 4.78 is 39.2. The average molecular weight is 366 g/mol. The van der Waals surface area contributed by atoms with Crippen molar-refractivity contribution in [2.45, 2.75) is 63.9 Å². The SMILES string of the molecule is CC(c1ccc(OCC2CC2)c(B2OC(C)(C)C(C)(C)O2)c1)S(=O)O. The van der Waals surface area contributed by atoms with Gasteiger partial charge in [-0.05, 0) is 65.0 Å². The first kappa shape index (κ1) is 18.9. The Morgan fingerprint density at radius 1 is 1.28 bits per heavy atom. The zero-order chi connectivity index (χ0) is 18.4. The first-order chi connectivity index (χ1) is 11.6. The second-order valence-corrected chi connectivity index (χ2v) is 9.32. The van der Waals surface area contributed by atoms with Crippen molar-refractivity contribution in [2.24, 2.45) is 5.92 Å². The van der Waals surface area contributed by atoms with Crippen LogP contribution < -0.4 is 10.2 Å². The van der Waals surface area contributed by atoms with E-state index in [9.17, 15) is 8.76 Å². The van der Waals surface area contributed by atoms with Gasteiger partial charge in [0.15, 0.2) is 11.1 Å². The van der Waals surface area contributed by atoms with Crippen LogP contribution >= 0.6 is 0 Å². The zero-order valence-corrected chi connectivity index (χ0v) is 16.4. The number of benzene rings is 1. The van der Waals surface area contributed by atoms with Gasteiger partial charge in [0.1, 0.15) is 5.75 Å². The number of ether oxygens (including phenoxy) is 1. The summed E-state index contributed by atoms with van der Waals surface area (Å²) in [5.74, 6) is 1.36. The Bertz CT molecular complexity index is 655. The molecule has 3 rings (SSSR count). The van der Waals surface area contributed by atoms with Crippen molar-refractivity contribution < 1.29 is 22.8 Å². The minimum absolute atomic E-state index is 0.452. The van der Waals surface area contributed by atoms with Gasteiger partial charge in [0.05, 0.1) is 23.1 Å². The maximum Gasteiger partial charge on any atom is 0.498 e. The van der Waals surface area contributed by atoms with Gasteiger partial charge in [0.25, 0.3) is 0 Å². The van der Waals surface area contributed by atoms with E-state index in [-0.39, 0.29) is 0 Å². The highest BCUT2D eigenvalue weighted by Gasteiger charge is 2.52. The summed E-state index contributed by atoms with van der Waals surface area (Å²) in [6, 6.07) is 5.58. The van der Waals surface area contributed by atoms with Crippen LogP contribution in [0.15, 0.2) is 18.2 Å². The van der Waals surface area contributed by atoms with E-state index in [4.69, 9.17) is 14.0 Å². The lowest BCUT2D eigenvalue weighted by Gasteiger charge is -2.32. The molecule has 1 saturated carbocycles. The summed E-state index contributed by atoms with van der Waals surface area (Å²) in [5, 5.41) is -0.487. The Hall–Kier alpha value is -0.885. The lowest BCUT2D eigenvalue weighted by molar-refractivity contribution is 0.00578. The Morgan fingerprint density at radius 3 is 2.40 bits per heavy atom. The van der Waals surface area contributed by atoms with Crippen LogP contribution in [0.4, 0.5) is 0 Å². The minimum Gasteiger partial charge on any atom is -0.494 e. The fourth-order valence-electron chi connectivity index (χ4n) is 2.71. The Balaban J connectivity index is 1.92. The molecule has 25 heavy (non-hydrogen) atoms. The standard InChI is InChI=1S/C18H27BO5S/c1-12(25(20)21)14-8-9-16(22-11-13-6-7-13)15(10-14)19-23-17(2,3)18(4,5)24-19/h8-10,12-13H,6-7,11H2,1-5H3,(H,20,21). The molecule has 0 aromatic heterocycles. The molecule has 5 nitrogen and oxygen atoms in total. The Morgan fingerprint density at radius 2 is 1.88 bits per heavy atom. The molecule has 1 saturated heterocycles. The molecular formula is C18H27BO5S. The van der Waals surface area contributed by atoms with E-state index >= 15 is 0 Å². The molecule has 0 spiro atoms. The number of rotatable bonds is 6. The highest BCUT2D eigenvalue weighted by Crippen LogP contribution is 2.38. The van der Waals surface area contributed by atoms with Crippen LogP contribution in [-0.2, 0) is 20.4 Å². The molecule has 2 atom stereocenters. The highest BCUT2D eigenvalue weighted by atomic mass is 32.2. The summed E-state index contributed by atoms with van der Waals surface area (Å²) in [7, 11) is -0.557. The van der Waals surface area contributed by atoms with Crippen molar-refractivity contribution in [2.75, 3.05) is 6.61 Å². The van der Waals surface area contributed by atoms with Crippen molar-refractivity contribution >= 4 is 23.7 Å². The van der Waals surface area contributed by atoms with Gasteiger partial charge in [0.2, 0.25) is 0 Å². The summed E-state index contributed by atoms with van der Waals surface area (Å²) >= 11 is -1.93. The fraction of sp³-hybridized carbons (Fsp3) is 0.667. The largest absolute Gasteiger partial charge is 0.498 e. The van der Waals surface area contributed by atoms with Crippen LogP contribution in [0.3, 0.4) is 0 Å². The van der Waals surface area contributed by atoms with E-state index in [0.717, 1.165) is 16.8 Å². The smallest absolute Gasteiger partial charge is 0.494 e. The van der Waals surface area contributed by atoms with Crippen LogP contribution in [0.5, 0.6) is 5.75 Å². The van der Waals surface area contributed by atoms with Crippen molar-refractivity contribution in [3.8, 4) is 5.75 Å². The topological polar surface area (TPSA) is 65.0 Å². The van der Waals surface area contributed by atoms with Crippen LogP contribution in [0.1, 0.15) is 58.3 Å². The summed E-state index contributed by atoms with van der Waals surface area (Å²) in [5.41, 5.74) is 0.651. The average Bonchev–Trinajstić information content (AvgIpc) is 3.31. The first-order valence-corrected chi connectivity index (χ1v) is 9.99. The van der Waals surface area contributed by atoms with Crippen molar-refractivity contribution in [1.82, 2.24) is 0 Å². The molecule has 1 heterocycles. The minimum atomic E-state index is -1.93. The maximum atomic E-state index is 11.5. The van der Waals surface area contributed by atoms with Crippen molar-refractivity contribution in [1.29, 1.82) is 0 Å². The molecule has 0 bridgehead atoms. The van der Waals surface area contributed by atoms with Crippen LogP contribution in [0, 0.1) is 5.92 Å². The highest BCUT2D eigenvalue weighted by molar-refractivity contribution is 7.79. The van der Waals surface area contributed by atoms with E-state index in [1.165, 1.54) is 12.8 Å². The number of hydrogen-bond donors (Lipinski definition) is 1. The molecule has 0 amide bonds. The summed E-state index contributed by atoms with van der Waals surface area (Å²) in [6.07, 6.45) is 2.43. The van der Waals surface area contributed by atoms with Gasteiger partial charge in [-0.3, -0.25) is 0 Å². The molecule has 7 heteroatoms. The number of hydrogen-bond acceptors (Lipinski definition) is 4. The molecule has 1 N–H and O–H groups in total. The van der Waals surface area contributed by atoms with Crippen LogP contribution in [-0.4, -0.2) is 33.7 Å². The second-order valence-electron chi connectivity index (χ2n) is 8.06. The predicted molar refractivity (Wildman–Crippen MR) is 99.6 cm³/mol. The van der Waals surface area contributed by atoms with Gasteiger partial charge in [-0.1, -0.05) is 12.1 Å². The summed E-state index contributed by atoms with van der Waals surface area (Å²) in [4.78, 5) is 0. The van der Waals surface area contributed by atoms with Gasteiger partial charge in [-0.25, -0.2) is 4.21 Å². The van der Waals surface area contributed by atoms with Gasteiger partial charge in [-0.2, -0.15) is 0 Å². The Labute approximate surface area is 152 Å². The molecule has 1 aliphatic carbocycles. The van der Waals surface area contributed by atoms with Crippen molar-refractivity contribution in [3.05, 3.63) is 23.8 Å². The van der Waals surface area contributed by atoms with E-state index < -0.39 is 34.7 Å². The fourth-order valence-corrected chi connectivity index (χ4v) is 3.09. The zero-order valence-electron chi connectivity index (χ0n) is 15.6. The van der Waals surface area contributed by atoms with E-state index in [2.05, 4.69) is 0 Å². The van der Waals surface area contributed by atoms with E-state index in [0.29, 0.717) is 12.5 Å². The van der Waals surface area contributed by atoms with Gasteiger partial charge >= 0.3 is 7.12 Å². The van der Waals surface area contributed by atoms with E-state index in [1.54, 1.807) is 6.92 Å². The maximum absolute atomic E-state index is 11.5. The van der Waals surface area contributed by atoms with Crippen LogP contribution in [0.2, 0.25) is 0 Å². The Kier molecular flexibility index (Phi) is 5.05. The lowest BCUT2D eigenvalue weighted by Crippen LogP contribution is -2.41. The monoisotopic (exact) mass is 366 g/mol. The third-order valence-electron chi connectivity index (χ3n) is 5.48. The molecular weight excluding hydrogens is 339 g/mol. The third kappa shape index (κ3) is 3.94. The van der Waals surface area contributed by atoms with Gasteiger partial charge < -0.3 is 18.6 Å². The van der Waals surface area contributed by atoms with Crippen LogP contribution in [0.25, 0.3) is 0 Å². The lowest BCUT2D eigenvalue weighted by atomic mass is 9.77. The molecule has 1 aromatic rings. The van der Waals surface area contributed by atoms with Gasteiger partial charge in [-0.15, -0.1) is 0 Å². The molecule has 2 aliphatic rings. The predicted octanol–water partition coefficient (Wildman–Crippen LogP) is 3.06. The molecule has 1 aromatic carbocycles. The van der Waals surface area contributed by atoms with Gasteiger partial charge in [0, 0.05) is 5.46 Å². The molecule has 138 valence electrons. The second kappa shape index (κ2) is 6.69. The van der Waals surface area contributed by atoms with E-state index in [1.807, 2.05) is 45.9 Å². The summed E-state index contributed by atoms with van der Waals surface area (Å²) in [6.45, 7) is 10.4.